The standard InChI is InChI=1S/C25H31N3O4/c29-20(16-27-10-8-18-3-1-2-4-19(18)15-27)17-28-11-12-31-24-13-21(5-6-23(24)25(28)30)32-22-7-9-26-14-22/h1-6,13,20,22,26,29H,7-12,14-17H2. The lowest BCUT2D eigenvalue weighted by atomic mass is 10.00. The Kier molecular flexibility index (Phi) is 6.30. The van der Waals surface area contributed by atoms with Gasteiger partial charge in [0.1, 0.15) is 24.2 Å². The van der Waals surface area contributed by atoms with E-state index in [0.29, 0.717) is 37.6 Å². The molecule has 3 aliphatic heterocycles. The van der Waals surface area contributed by atoms with E-state index in [1.165, 1.54) is 11.1 Å². The van der Waals surface area contributed by atoms with E-state index in [-0.39, 0.29) is 12.0 Å². The van der Waals surface area contributed by atoms with Crippen LogP contribution in [0.3, 0.4) is 0 Å². The average molecular weight is 438 g/mol. The summed E-state index contributed by atoms with van der Waals surface area (Å²) in [5, 5.41) is 14.0. The first kappa shape index (κ1) is 21.2. The summed E-state index contributed by atoms with van der Waals surface area (Å²) in [7, 11) is 0. The average Bonchev–Trinajstić information content (AvgIpc) is 3.26. The highest BCUT2D eigenvalue weighted by Crippen LogP contribution is 2.29. The van der Waals surface area contributed by atoms with Crippen molar-refractivity contribution >= 4 is 5.91 Å². The zero-order valence-corrected chi connectivity index (χ0v) is 18.3. The molecule has 0 saturated carbocycles. The maximum absolute atomic E-state index is 13.2. The molecule has 3 heterocycles. The Labute approximate surface area is 188 Å². The zero-order valence-electron chi connectivity index (χ0n) is 18.3. The molecule has 2 atom stereocenters. The van der Waals surface area contributed by atoms with Crippen LogP contribution in [0.5, 0.6) is 11.5 Å². The van der Waals surface area contributed by atoms with Crippen molar-refractivity contribution in [2.24, 2.45) is 0 Å². The van der Waals surface area contributed by atoms with Crippen molar-refractivity contribution in [2.75, 3.05) is 45.9 Å². The first-order chi connectivity index (χ1) is 15.7. The van der Waals surface area contributed by atoms with Crippen LogP contribution in [0.25, 0.3) is 0 Å². The van der Waals surface area contributed by atoms with Gasteiger partial charge < -0.3 is 24.8 Å². The second-order valence-corrected chi connectivity index (χ2v) is 8.90. The lowest BCUT2D eigenvalue weighted by Gasteiger charge is -2.32. The van der Waals surface area contributed by atoms with Gasteiger partial charge in [0.15, 0.2) is 0 Å². The fraction of sp³-hybridized carbons (Fsp3) is 0.480. The topological polar surface area (TPSA) is 74.3 Å². The molecule has 2 aromatic rings. The largest absolute Gasteiger partial charge is 0.491 e. The third-order valence-corrected chi connectivity index (χ3v) is 6.52. The molecule has 5 rings (SSSR count). The highest BCUT2D eigenvalue weighted by atomic mass is 16.5. The number of benzene rings is 2. The molecule has 1 saturated heterocycles. The molecule has 0 aromatic heterocycles. The fourth-order valence-electron chi connectivity index (χ4n) is 4.83. The Morgan fingerprint density at radius 3 is 2.88 bits per heavy atom. The van der Waals surface area contributed by atoms with Gasteiger partial charge in [-0.05, 0) is 42.6 Å². The van der Waals surface area contributed by atoms with Gasteiger partial charge in [0.25, 0.3) is 5.91 Å². The number of fused-ring (bicyclic) bond motifs is 2. The smallest absolute Gasteiger partial charge is 0.257 e. The molecule has 0 radical (unpaired) electrons. The number of nitrogens with one attached hydrogen (secondary N) is 1. The predicted molar refractivity (Wildman–Crippen MR) is 121 cm³/mol. The summed E-state index contributed by atoms with van der Waals surface area (Å²) >= 11 is 0. The lowest BCUT2D eigenvalue weighted by molar-refractivity contribution is 0.0501. The summed E-state index contributed by atoms with van der Waals surface area (Å²) in [4.78, 5) is 17.1. The number of carbonyl (C=O) groups excluding carboxylic acids is 1. The molecular formula is C25H31N3O4. The van der Waals surface area contributed by atoms with Crippen molar-refractivity contribution in [3.05, 3.63) is 59.2 Å². The van der Waals surface area contributed by atoms with Gasteiger partial charge in [0.05, 0.1) is 18.2 Å². The Balaban J connectivity index is 1.20. The van der Waals surface area contributed by atoms with E-state index in [1.54, 1.807) is 11.0 Å². The van der Waals surface area contributed by atoms with Gasteiger partial charge in [-0.25, -0.2) is 0 Å². The first-order valence-electron chi connectivity index (χ1n) is 11.6. The van der Waals surface area contributed by atoms with Gasteiger partial charge in [0, 0.05) is 38.8 Å². The molecule has 170 valence electrons. The van der Waals surface area contributed by atoms with Crippen LogP contribution in [-0.2, 0) is 13.0 Å². The van der Waals surface area contributed by atoms with Gasteiger partial charge in [-0.1, -0.05) is 24.3 Å². The summed E-state index contributed by atoms with van der Waals surface area (Å²) in [5.74, 6) is 1.18. The number of rotatable bonds is 6. The molecule has 0 bridgehead atoms. The molecule has 3 aliphatic rings. The number of β-amino-alcohol motifs (C(OH)–C–C–N with tert-alkyl or cyclic N) is 1. The quantitative estimate of drug-likeness (QED) is 0.717. The van der Waals surface area contributed by atoms with Crippen LogP contribution in [-0.4, -0.2) is 78.9 Å². The van der Waals surface area contributed by atoms with Gasteiger partial charge in [-0.3, -0.25) is 9.69 Å². The van der Waals surface area contributed by atoms with E-state index in [2.05, 4.69) is 34.5 Å². The molecule has 1 amide bonds. The highest BCUT2D eigenvalue weighted by molar-refractivity contribution is 5.97. The number of ether oxygens (including phenoxy) is 2. The molecule has 7 heteroatoms. The van der Waals surface area contributed by atoms with E-state index >= 15 is 0 Å². The van der Waals surface area contributed by atoms with Gasteiger partial charge >= 0.3 is 0 Å². The Morgan fingerprint density at radius 1 is 1.16 bits per heavy atom. The van der Waals surface area contributed by atoms with Crippen LogP contribution in [0, 0.1) is 0 Å². The molecule has 1 fully saturated rings. The van der Waals surface area contributed by atoms with E-state index < -0.39 is 6.10 Å². The predicted octanol–water partition coefficient (Wildman–Crippen LogP) is 1.68. The van der Waals surface area contributed by atoms with Crippen LogP contribution < -0.4 is 14.8 Å². The Bertz CT molecular complexity index is 960. The maximum atomic E-state index is 13.2. The highest BCUT2D eigenvalue weighted by Gasteiger charge is 2.27. The third-order valence-electron chi connectivity index (χ3n) is 6.52. The van der Waals surface area contributed by atoms with E-state index in [9.17, 15) is 9.90 Å². The molecule has 7 nitrogen and oxygen atoms in total. The first-order valence-corrected chi connectivity index (χ1v) is 11.6. The number of aliphatic hydroxyl groups excluding tert-OH is 1. The number of nitrogens with zero attached hydrogens (tertiary/aromatic N) is 2. The number of hydrogen-bond donors (Lipinski definition) is 2. The second kappa shape index (κ2) is 9.48. The number of aliphatic hydroxyl groups is 1. The van der Waals surface area contributed by atoms with Crippen molar-refractivity contribution in [1.82, 2.24) is 15.1 Å². The van der Waals surface area contributed by atoms with E-state index in [0.717, 1.165) is 44.8 Å². The minimum atomic E-state index is -0.608. The Hall–Kier alpha value is -2.61. The maximum Gasteiger partial charge on any atom is 0.257 e. The van der Waals surface area contributed by atoms with Crippen molar-refractivity contribution in [2.45, 2.75) is 31.6 Å². The summed E-state index contributed by atoms with van der Waals surface area (Å²) in [6.07, 6.45) is 1.52. The molecular weight excluding hydrogens is 406 g/mol. The fourth-order valence-corrected chi connectivity index (χ4v) is 4.83. The van der Waals surface area contributed by atoms with Crippen molar-refractivity contribution in [3.63, 3.8) is 0 Å². The summed E-state index contributed by atoms with van der Waals surface area (Å²) < 4.78 is 11.9. The molecule has 2 aromatic carbocycles. The van der Waals surface area contributed by atoms with Crippen LogP contribution in [0.2, 0.25) is 0 Å². The van der Waals surface area contributed by atoms with Crippen molar-refractivity contribution < 1.29 is 19.4 Å². The number of amides is 1. The van der Waals surface area contributed by atoms with Crippen LogP contribution in [0.1, 0.15) is 27.9 Å². The van der Waals surface area contributed by atoms with Gasteiger partial charge in [-0.15, -0.1) is 0 Å². The number of carbonyl (C=O) groups is 1. The SMILES string of the molecule is O=C1c2ccc(OC3CCNC3)cc2OCCN1CC(O)CN1CCc2ccccc2C1. The normalized spacial score (nSPS) is 22.0. The van der Waals surface area contributed by atoms with Crippen LogP contribution in [0.4, 0.5) is 0 Å². The molecule has 32 heavy (non-hydrogen) atoms. The summed E-state index contributed by atoms with van der Waals surface area (Å²) in [5.41, 5.74) is 3.24. The lowest BCUT2D eigenvalue weighted by Crippen LogP contribution is -2.44. The summed E-state index contributed by atoms with van der Waals surface area (Å²) in [6.45, 7) is 5.27. The summed E-state index contributed by atoms with van der Waals surface area (Å²) in [6, 6.07) is 13.9. The molecule has 0 spiro atoms. The van der Waals surface area contributed by atoms with Crippen LogP contribution in [0.15, 0.2) is 42.5 Å². The third kappa shape index (κ3) is 4.75. The minimum Gasteiger partial charge on any atom is -0.491 e. The van der Waals surface area contributed by atoms with Crippen molar-refractivity contribution in [1.29, 1.82) is 0 Å². The molecule has 0 aliphatic carbocycles. The molecule has 2 N–H and O–H groups in total. The van der Waals surface area contributed by atoms with Crippen LogP contribution >= 0.6 is 0 Å². The second-order valence-electron chi connectivity index (χ2n) is 8.90. The Morgan fingerprint density at radius 2 is 2.03 bits per heavy atom. The molecule has 2 unspecified atom stereocenters. The van der Waals surface area contributed by atoms with E-state index in [1.807, 2.05) is 12.1 Å². The van der Waals surface area contributed by atoms with Gasteiger partial charge in [-0.2, -0.15) is 0 Å². The van der Waals surface area contributed by atoms with Gasteiger partial charge in [0.2, 0.25) is 0 Å². The monoisotopic (exact) mass is 437 g/mol. The van der Waals surface area contributed by atoms with Crippen molar-refractivity contribution in [3.8, 4) is 11.5 Å². The van der Waals surface area contributed by atoms with E-state index in [4.69, 9.17) is 9.47 Å². The zero-order chi connectivity index (χ0) is 21.9. The number of hydrogen-bond acceptors (Lipinski definition) is 6. The minimum absolute atomic E-state index is 0.102.